The highest BCUT2D eigenvalue weighted by Crippen LogP contribution is 1.97. The van der Waals surface area contributed by atoms with Crippen molar-refractivity contribution >= 4 is 17.9 Å². The Morgan fingerprint density at radius 3 is 1.38 bits per heavy atom. The maximum absolute atomic E-state index is 9.87. The summed E-state index contributed by atoms with van der Waals surface area (Å²) in [5.74, 6) is -2.35. The maximum Gasteiger partial charge on any atom is 0.303 e. The lowest BCUT2D eigenvalue weighted by molar-refractivity contribution is -0.137. The van der Waals surface area contributed by atoms with Crippen LogP contribution in [0.5, 0.6) is 0 Å². The fourth-order valence-corrected chi connectivity index (χ4v) is 0.526. The van der Waals surface area contributed by atoms with Crippen molar-refractivity contribution in [1.82, 2.24) is 0 Å². The molecule has 16 heavy (non-hydrogen) atoms. The molecule has 0 radical (unpaired) electrons. The van der Waals surface area contributed by atoms with Gasteiger partial charge in [0.05, 0.1) is 0 Å². The Labute approximate surface area is 94.9 Å². The second kappa shape index (κ2) is 15.9. The average molecular weight is 236 g/mol. The van der Waals surface area contributed by atoms with Gasteiger partial charge in [0.1, 0.15) is 0 Å². The lowest BCUT2D eigenvalue weighted by Crippen LogP contribution is -1.92. The first-order valence-corrected chi connectivity index (χ1v) is 4.84. The first-order valence-electron chi connectivity index (χ1n) is 4.84. The Hall–Kier alpha value is -1.59. The molecule has 0 saturated carbocycles. The van der Waals surface area contributed by atoms with E-state index >= 15 is 0 Å². The molecule has 0 fully saturated rings. The number of unbranched alkanes of at least 4 members (excludes halogenated alkanes) is 2. The normalized spacial score (nSPS) is 7.69. The van der Waals surface area contributed by atoms with Crippen LogP contribution in [0.1, 0.15) is 46.5 Å². The van der Waals surface area contributed by atoms with Gasteiger partial charge >= 0.3 is 5.97 Å². The molecule has 0 aliphatic heterocycles. The van der Waals surface area contributed by atoms with Crippen molar-refractivity contribution in [2.24, 2.45) is 0 Å². The molecule has 0 heterocycles. The van der Waals surface area contributed by atoms with Crippen molar-refractivity contribution in [2.75, 3.05) is 0 Å². The van der Waals surface area contributed by atoms with Gasteiger partial charge in [0.15, 0.2) is 0 Å². The number of carboxylic acid groups (broad SMARTS) is 3. The molecule has 0 aliphatic rings. The fraction of sp³-hybridized carbons (Fsp3) is 0.700. The zero-order valence-corrected chi connectivity index (χ0v) is 9.89. The smallest absolute Gasteiger partial charge is 0.303 e. The highest BCUT2D eigenvalue weighted by Gasteiger charge is 1.92. The van der Waals surface area contributed by atoms with Gasteiger partial charge in [-0.05, 0) is 6.42 Å². The van der Waals surface area contributed by atoms with Crippen LogP contribution < -0.4 is 0 Å². The van der Waals surface area contributed by atoms with Crippen LogP contribution >= 0.6 is 0 Å². The van der Waals surface area contributed by atoms with E-state index in [2.05, 4.69) is 6.92 Å². The van der Waals surface area contributed by atoms with E-state index in [9.17, 15) is 4.79 Å². The van der Waals surface area contributed by atoms with Crippen molar-refractivity contribution in [3.05, 3.63) is 0 Å². The van der Waals surface area contributed by atoms with Crippen LogP contribution in [-0.4, -0.2) is 33.2 Å². The Morgan fingerprint density at radius 2 is 1.19 bits per heavy atom. The summed E-state index contributed by atoms with van der Waals surface area (Å²) in [5, 5.41) is 23.0. The van der Waals surface area contributed by atoms with Crippen molar-refractivity contribution in [3.63, 3.8) is 0 Å². The van der Waals surface area contributed by atoms with Gasteiger partial charge in [0, 0.05) is 20.3 Å². The van der Waals surface area contributed by atoms with Gasteiger partial charge in [-0.1, -0.05) is 19.8 Å². The molecule has 0 spiro atoms. The second-order valence-corrected chi connectivity index (χ2v) is 2.89. The molecule has 0 aromatic carbocycles. The first kappa shape index (κ1) is 19.9. The summed E-state index contributed by atoms with van der Waals surface area (Å²) in [5.41, 5.74) is 0. The number of rotatable bonds is 4. The predicted octanol–water partition coefficient (Wildman–Crippen LogP) is 1.83. The molecule has 0 atom stereocenters. The second-order valence-electron chi connectivity index (χ2n) is 2.89. The monoisotopic (exact) mass is 236 g/mol. The molecule has 96 valence electrons. The van der Waals surface area contributed by atoms with E-state index in [1.165, 1.54) is 0 Å². The van der Waals surface area contributed by atoms with Gasteiger partial charge in [0.2, 0.25) is 0 Å². The van der Waals surface area contributed by atoms with Gasteiger partial charge in [-0.15, -0.1) is 0 Å². The van der Waals surface area contributed by atoms with Crippen LogP contribution in [-0.2, 0) is 14.4 Å². The SMILES string of the molecule is CC(=O)O.CC(=O)O.CCCCCC(=O)O. The summed E-state index contributed by atoms with van der Waals surface area (Å²) >= 11 is 0. The summed E-state index contributed by atoms with van der Waals surface area (Å²) in [6.45, 7) is 4.22. The molecule has 0 amide bonds. The Bertz CT molecular complexity index is 179. The molecule has 0 aromatic rings. The topological polar surface area (TPSA) is 112 Å². The van der Waals surface area contributed by atoms with Crippen LogP contribution in [0.4, 0.5) is 0 Å². The van der Waals surface area contributed by atoms with Crippen molar-refractivity contribution in [2.45, 2.75) is 46.5 Å². The summed E-state index contributed by atoms with van der Waals surface area (Å²) in [6, 6.07) is 0. The third-order valence-corrected chi connectivity index (χ3v) is 0.994. The first-order chi connectivity index (χ1) is 7.23. The van der Waals surface area contributed by atoms with E-state index in [0.717, 1.165) is 33.1 Å². The summed E-state index contributed by atoms with van der Waals surface area (Å²) < 4.78 is 0. The third kappa shape index (κ3) is 139. The molecule has 0 bridgehead atoms. The quantitative estimate of drug-likeness (QED) is 0.642. The lowest BCUT2D eigenvalue weighted by atomic mass is 10.2. The standard InChI is InChI=1S/C6H12O2.2C2H4O2/c1-2-3-4-5-6(7)8;2*1-2(3)4/h2-5H2,1H3,(H,7,8);2*1H3,(H,3,4). The van der Waals surface area contributed by atoms with Crippen LogP contribution in [0, 0.1) is 0 Å². The minimum Gasteiger partial charge on any atom is -0.481 e. The van der Waals surface area contributed by atoms with Gasteiger partial charge < -0.3 is 15.3 Å². The van der Waals surface area contributed by atoms with E-state index in [-0.39, 0.29) is 0 Å². The molecule has 0 saturated heterocycles. The van der Waals surface area contributed by atoms with E-state index in [1.807, 2.05) is 0 Å². The zero-order chi connectivity index (χ0) is 13.6. The number of carbonyl (C=O) groups is 3. The van der Waals surface area contributed by atoms with E-state index < -0.39 is 17.9 Å². The van der Waals surface area contributed by atoms with E-state index in [4.69, 9.17) is 24.9 Å². The van der Waals surface area contributed by atoms with Crippen LogP contribution in [0.25, 0.3) is 0 Å². The lowest BCUT2D eigenvalue weighted by Gasteiger charge is -1.89. The number of hydrogen-bond acceptors (Lipinski definition) is 3. The Kier molecular flexibility index (Phi) is 19.7. The molecule has 0 rings (SSSR count). The maximum atomic E-state index is 9.87. The summed E-state index contributed by atoms with van der Waals surface area (Å²) in [7, 11) is 0. The largest absolute Gasteiger partial charge is 0.481 e. The van der Waals surface area contributed by atoms with Crippen LogP contribution in [0.15, 0.2) is 0 Å². The van der Waals surface area contributed by atoms with E-state index in [1.54, 1.807) is 0 Å². The fourth-order valence-electron chi connectivity index (χ4n) is 0.526. The van der Waals surface area contributed by atoms with Gasteiger partial charge in [0.25, 0.3) is 11.9 Å². The van der Waals surface area contributed by atoms with E-state index in [0.29, 0.717) is 6.42 Å². The molecular weight excluding hydrogens is 216 g/mol. The molecule has 0 aliphatic carbocycles. The minimum atomic E-state index is -0.833. The van der Waals surface area contributed by atoms with Crippen molar-refractivity contribution in [1.29, 1.82) is 0 Å². The molecule has 6 heteroatoms. The molecule has 6 nitrogen and oxygen atoms in total. The van der Waals surface area contributed by atoms with Gasteiger partial charge in [-0.2, -0.15) is 0 Å². The number of aliphatic carboxylic acids is 3. The summed E-state index contributed by atoms with van der Waals surface area (Å²) in [6.07, 6.45) is 3.28. The number of hydrogen-bond donors (Lipinski definition) is 3. The minimum absolute atomic E-state index is 0.327. The molecule has 3 N–H and O–H groups in total. The van der Waals surface area contributed by atoms with Crippen LogP contribution in [0.2, 0.25) is 0 Å². The predicted molar refractivity (Wildman–Crippen MR) is 58.4 cm³/mol. The van der Waals surface area contributed by atoms with Crippen LogP contribution in [0.3, 0.4) is 0 Å². The Morgan fingerprint density at radius 1 is 0.875 bits per heavy atom. The summed E-state index contributed by atoms with van der Waals surface area (Å²) in [4.78, 5) is 27.9. The van der Waals surface area contributed by atoms with Gasteiger partial charge in [-0.25, -0.2) is 0 Å². The van der Waals surface area contributed by atoms with Crippen molar-refractivity contribution in [3.8, 4) is 0 Å². The average Bonchev–Trinajstić information content (AvgIpc) is 2.01. The highest BCUT2D eigenvalue weighted by molar-refractivity contribution is 5.66. The Balaban J connectivity index is -0.000000179. The number of carboxylic acids is 3. The van der Waals surface area contributed by atoms with Gasteiger partial charge in [-0.3, -0.25) is 14.4 Å². The van der Waals surface area contributed by atoms with Crippen molar-refractivity contribution < 1.29 is 29.7 Å². The molecular formula is C10H20O6. The molecule has 0 aromatic heterocycles. The zero-order valence-electron chi connectivity index (χ0n) is 9.89. The third-order valence-electron chi connectivity index (χ3n) is 0.994. The molecule has 0 unspecified atom stereocenters. The highest BCUT2D eigenvalue weighted by atomic mass is 16.4.